The minimum Gasteiger partial charge on any atom is -0.478 e. The molecule has 1 N–H and O–H groups in total. The molecule has 0 amide bonds. The van der Waals surface area contributed by atoms with E-state index >= 15 is 0 Å². The number of carbonyl (C=O) groups is 3. The number of hydrogen-bond acceptors (Lipinski definition) is 8. The molecule has 162 valence electrons. The van der Waals surface area contributed by atoms with Gasteiger partial charge in [-0.1, -0.05) is 52.2 Å². The molecule has 1 fully saturated rings. The van der Waals surface area contributed by atoms with E-state index in [1.807, 2.05) is 0 Å². The Labute approximate surface area is 196 Å². The molecule has 2 unspecified atom stereocenters. The van der Waals surface area contributed by atoms with Crippen molar-refractivity contribution in [3.63, 3.8) is 0 Å². The van der Waals surface area contributed by atoms with Gasteiger partial charge in [-0.3, -0.25) is 14.5 Å². The molecule has 1 aromatic carbocycles. The van der Waals surface area contributed by atoms with Gasteiger partial charge in [0.25, 0.3) is 0 Å². The predicted molar refractivity (Wildman–Crippen MR) is 121 cm³/mol. The molecular weight excluding hydrogens is 481 g/mol. The zero-order chi connectivity index (χ0) is 22.4. The summed E-state index contributed by atoms with van der Waals surface area (Å²) in [7, 11) is 2.84. The fraction of sp³-hybridized carbons (Fsp3) is 0.250. The Balaban J connectivity index is 1.81. The van der Waals surface area contributed by atoms with Crippen molar-refractivity contribution in [3.05, 3.63) is 63.8 Å². The second-order valence-electron chi connectivity index (χ2n) is 6.62. The molecular formula is C20H17Cl2N3O4S2. The lowest BCUT2D eigenvalue weighted by Crippen LogP contribution is -2.42. The van der Waals surface area contributed by atoms with E-state index in [9.17, 15) is 19.5 Å². The summed E-state index contributed by atoms with van der Waals surface area (Å²) in [6.07, 6.45) is 2.02. The summed E-state index contributed by atoms with van der Waals surface area (Å²) in [5.41, 5.74) is 1.15. The van der Waals surface area contributed by atoms with Crippen molar-refractivity contribution in [1.82, 2.24) is 15.1 Å². The van der Waals surface area contributed by atoms with Crippen molar-refractivity contribution in [2.45, 2.75) is 22.7 Å². The first-order valence-electron chi connectivity index (χ1n) is 9.12. The first-order chi connectivity index (χ1) is 14.9. The van der Waals surface area contributed by atoms with E-state index in [4.69, 9.17) is 23.2 Å². The molecule has 1 saturated heterocycles. The van der Waals surface area contributed by atoms with Crippen molar-refractivity contribution in [2.75, 3.05) is 13.1 Å². The van der Waals surface area contributed by atoms with Crippen LogP contribution in [0, 0.1) is 0 Å². The molecule has 0 saturated carbocycles. The zero-order valence-corrected chi connectivity index (χ0v) is 19.1. The van der Waals surface area contributed by atoms with E-state index in [-0.39, 0.29) is 18.1 Å². The Bertz CT molecular complexity index is 1000. The number of piperidine rings is 1. The maximum Gasteiger partial charge on any atom is 0.328 e. The first kappa shape index (κ1) is 23.7. The highest BCUT2D eigenvalue weighted by atomic mass is 35.5. The van der Waals surface area contributed by atoms with Gasteiger partial charge in [0.05, 0.1) is 0 Å². The van der Waals surface area contributed by atoms with Gasteiger partial charge < -0.3 is 5.11 Å². The van der Waals surface area contributed by atoms with Gasteiger partial charge in [0.2, 0.25) is 5.78 Å². The maximum atomic E-state index is 12.5. The number of aromatic nitrogens is 2. The Morgan fingerprint density at radius 3 is 2.61 bits per heavy atom. The Morgan fingerprint density at radius 1 is 1.19 bits per heavy atom. The summed E-state index contributed by atoms with van der Waals surface area (Å²) in [4.78, 5) is 37.0. The second-order valence-corrected chi connectivity index (χ2v) is 9.84. The molecule has 1 aromatic heterocycles. The van der Waals surface area contributed by atoms with E-state index in [0.29, 0.717) is 39.3 Å². The van der Waals surface area contributed by atoms with Gasteiger partial charge in [-0.25, -0.2) is 4.79 Å². The monoisotopic (exact) mass is 497 g/mol. The normalized spacial score (nSPS) is 19.2. The number of rotatable bonds is 8. The standard InChI is InChI=1S/C20H17Cl2N3O4S2/c21-14-4-2-1-3-13(14)20(15(27)11-26)25-8-7-16(12(10-25)9-19(28)29)30-31-18-6-5-17(22)23-24-18/h1-6,9,11,16,20H,7-8,10H2,(H,28,29)/b12-9-. The average molecular weight is 498 g/mol. The highest BCUT2D eigenvalue weighted by Gasteiger charge is 2.34. The summed E-state index contributed by atoms with van der Waals surface area (Å²) >= 11 is 12.0. The summed E-state index contributed by atoms with van der Waals surface area (Å²) in [6, 6.07) is 9.33. The SMILES string of the molecule is O=CC(=O)C(c1ccccc1Cl)N1CCC(SSc2ccc(Cl)nn2)/C(=C\C(=O)O)C1. The number of halogens is 2. The topological polar surface area (TPSA) is 100 Å². The van der Waals surface area contributed by atoms with Crippen LogP contribution in [-0.2, 0) is 14.4 Å². The lowest BCUT2D eigenvalue weighted by molar-refractivity contribution is -0.133. The fourth-order valence-electron chi connectivity index (χ4n) is 3.26. The van der Waals surface area contributed by atoms with Gasteiger partial charge in [-0.2, -0.15) is 0 Å². The summed E-state index contributed by atoms with van der Waals surface area (Å²) in [5, 5.41) is 18.3. The number of benzene rings is 1. The summed E-state index contributed by atoms with van der Waals surface area (Å²) in [5.74, 6) is -1.70. The number of likely N-dealkylation sites (tertiary alicyclic amines) is 1. The zero-order valence-electron chi connectivity index (χ0n) is 16.0. The number of carboxylic acid groups (broad SMARTS) is 1. The number of aliphatic carboxylic acids is 1. The lowest BCUT2D eigenvalue weighted by Gasteiger charge is -2.37. The van der Waals surface area contributed by atoms with Crippen LogP contribution in [0.15, 0.2) is 53.1 Å². The number of nitrogens with zero attached hydrogens (tertiary/aromatic N) is 3. The Hall–Kier alpha value is -1.91. The molecule has 2 atom stereocenters. The molecule has 2 heterocycles. The summed E-state index contributed by atoms with van der Waals surface area (Å²) in [6.45, 7) is 0.698. The van der Waals surface area contributed by atoms with Crippen LogP contribution in [-0.4, -0.2) is 56.6 Å². The van der Waals surface area contributed by atoms with E-state index in [2.05, 4.69) is 10.2 Å². The number of ketones is 1. The average Bonchev–Trinajstić information content (AvgIpc) is 2.75. The van der Waals surface area contributed by atoms with E-state index in [1.54, 1.807) is 41.3 Å². The molecule has 7 nitrogen and oxygen atoms in total. The molecule has 11 heteroatoms. The van der Waals surface area contributed by atoms with Crippen molar-refractivity contribution in [2.24, 2.45) is 0 Å². The van der Waals surface area contributed by atoms with Crippen LogP contribution >= 0.6 is 44.8 Å². The van der Waals surface area contributed by atoms with Crippen LogP contribution in [0.5, 0.6) is 0 Å². The third kappa shape index (κ3) is 6.30. The van der Waals surface area contributed by atoms with Crippen molar-refractivity contribution < 1.29 is 19.5 Å². The number of hydrogen-bond donors (Lipinski definition) is 1. The molecule has 31 heavy (non-hydrogen) atoms. The smallest absolute Gasteiger partial charge is 0.328 e. The number of Topliss-reactive ketones (excluding diaryl/α,β-unsaturated/α-hetero) is 1. The van der Waals surface area contributed by atoms with Crippen molar-refractivity contribution in [1.29, 1.82) is 0 Å². The molecule has 0 spiro atoms. The number of carboxylic acids is 1. The minimum atomic E-state index is -1.07. The van der Waals surface area contributed by atoms with Gasteiger partial charge in [-0.05, 0) is 46.6 Å². The van der Waals surface area contributed by atoms with Gasteiger partial charge in [0, 0.05) is 29.4 Å². The van der Waals surface area contributed by atoms with Gasteiger partial charge in [0.1, 0.15) is 11.1 Å². The van der Waals surface area contributed by atoms with E-state index in [1.165, 1.54) is 21.6 Å². The lowest BCUT2D eigenvalue weighted by atomic mass is 9.96. The molecule has 3 rings (SSSR count). The molecule has 1 aliphatic heterocycles. The van der Waals surface area contributed by atoms with Crippen LogP contribution in [0.1, 0.15) is 18.0 Å². The first-order valence-corrected chi connectivity index (χ1v) is 12.1. The molecule has 0 bridgehead atoms. The molecule has 2 aromatic rings. The largest absolute Gasteiger partial charge is 0.478 e. The predicted octanol–water partition coefficient (Wildman–Crippen LogP) is 4.12. The highest BCUT2D eigenvalue weighted by Crippen LogP contribution is 2.41. The van der Waals surface area contributed by atoms with Gasteiger partial charge in [0.15, 0.2) is 11.4 Å². The van der Waals surface area contributed by atoms with Crippen LogP contribution in [0.25, 0.3) is 0 Å². The maximum absolute atomic E-state index is 12.5. The number of aldehydes is 1. The Morgan fingerprint density at radius 2 is 1.97 bits per heavy atom. The van der Waals surface area contributed by atoms with Crippen LogP contribution in [0.2, 0.25) is 10.2 Å². The minimum absolute atomic E-state index is 0.118. The summed E-state index contributed by atoms with van der Waals surface area (Å²) < 4.78 is 0. The van der Waals surface area contributed by atoms with Gasteiger partial charge in [-0.15, -0.1) is 10.2 Å². The van der Waals surface area contributed by atoms with E-state index < -0.39 is 17.8 Å². The Kier molecular flexibility index (Phi) is 8.50. The van der Waals surface area contributed by atoms with Crippen molar-refractivity contribution in [3.8, 4) is 0 Å². The van der Waals surface area contributed by atoms with Crippen molar-refractivity contribution >= 4 is 62.8 Å². The second kappa shape index (κ2) is 11.1. The molecule has 0 radical (unpaired) electrons. The number of carbonyl (C=O) groups excluding carboxylic acids is 2. The fourth-order valence-corrected chi connectivity index (χ4v) is 6.05. The highest BCUT2D eigenvalue weighted by molar-refractivity contribution is 8.77. The molecule has 0 aliphatic carbocycles. The quantitative estimate of drug-likeness (QED) is 0.249. The molecule has 1 aliphatic rings. The van der Waals surface area contributed by atoms with Gasteiger partial charge >= 0.3 is 5.97 Å². The van der Waals surface area contributed by atoms with Crippen LogP contribution < -0.4 is 0 Å². The third-order valence-corrected chi connectivity index (χ3v) is 7.89. The third-order valence-electron chi connectivity index (χ3n) is 4.59. The van der Waals surface area contributed by atoms with Crippen LogP contribution in [0.3, 0.4) is 0 Å². The van der Waals surface area contributed by atoms with E-state index in [0.717, 1.165) is 6.08 Å². The van der Waals surface area contributed by atoms with Crippen LogP contribution in [0.4, 0.5) is 0 Å².